The number of hydrogen-bond acceptors (Lipinski definition) is 6. The Morgan fingerprint density at radius 3 is 3.00 bits per heavy atom. The first-order valence-corrected chi connectivity index (χ1v) is 6.12. The van der Waals surface area contributed by atoms with E-state index in [9.17, 15) is 9.59 Å². The van der Waals surface area contributed by atoms with E-state index in [2.05, 4.69) is 4.98 Å². The standard InChI is InChI=1S/C11H11N3O3S/c1-7-4-10(15)14(17-7)11(16)6-18-9-2-3-13-5-8(9)12/h2-5H,6,12H2,1H3. The van der Waals surface area contributed by atoms with Gasteiger partial charge in [0.1, 0.15) is 5.76 Å². The fourth-order valence-electron chi connectivity index (χ4n) is 1.35. The zero-order valence-electron chi connectivity index (χ0n) is 9.62. The van der Waals surface area contributed by atoms with Gasteiger partial charge in [0.2, 0.25) is 0 Å². The van der Waals surface area contributed by atoms with E-state index in [4.69, 9.17) is 10.3 Å². The van der Waals surface area contributed by atoms with Crippen LogP contribution in [0, 0.1) is 6.92 Å². The lowest BCUT2D eigenvalue weighted by atomic mass is 10.4. The topological polar surface area (TPSA) is 91.1 Å². The van der Waals surface area contributed by atoms with Crippen LogP contribution in [0.5, 0.6) is 0 Å². The Balaban J connectivity index is 2.08. The Hall–Kier alpha value is -2.02. The first-order chi connectivity index (χ1) is 8.58. The van der Waals surface area contributed by atoms with Crippen molar-refractivity contribution < 1.29 is 9.32 Å². The Morgan fingerprint density at radius 2 is 2.39 bits per heavy atom. The molecule has 0 fully saturated rings. The molecule has 6 nitrogen and oxygen atoms in total. The maximum Gasteiger partial charge on any atom is 0.290 e. The number of anilines is 1. The van der Waals surface area contributed by atoms with Crippen molar-refractivity contribution in [3.05, 3.63) is 40.6 Å². The summed E-state index contributed by atoms with van der Waals surface area (Å²) in [6.07, 6.45) is 3.10. The van der Waals surface area contributed by atoms with Crippen molar-refractivity contribution in [2.24, 2.45) is 0 Å². The highest BCUT2D eigenvalue weighted by Crippen LogP contribution is 2.23. The van der Waals surface area contributed by atoms with Crippen LogP contribution in [-0.2, 0) is 0 Å². The second kappa shape index (κ2) is 5.09. The third-order valence-electron chi connectivity index (χ3n) is 2.15. The molecule has 94 valence electrons. The van der Waals surface area contributed by atoms with Crippen LogP contribution >= 0.6 is 11.8 Å². The molecule has 0 radical (unpaired) electrons. The second-order valence-corrected chi connectivity index (χ2v) is 4.59. The van der Waals surface area contributed by atoms with Gasteiger partial charge >= 0.3 is 0 Å². The normalized spacial score (nSPS) is 10.5. The lowest BCUT2D eigenvalue weighted by molar-refractivity contribution is 0.0813. The van der Waals surface area contributed by atoms with E-state index >= 15 is 0 Å². The van der Waals surface area contributed by atoms with E-state index in [1.807, 2.05) is 0 Å². The molecule has 18 heavy (non-hydrogen) atoms. The van der Waals surface area contributed by atoms with Gasteiger partial charge in [0.25, 0.3) is 11.5 Å². The highest BCUT2D eigenvalue weighted by Gasteiger charge is 2.12. The van der Waals surface area contributed by atoms with E-state index in [0.717, 1.165) is 9.64 Å². The number of aromatic nitrogens is 2. The molecule has 0 saturated carbocycles. The second-order valence-electron chi connectivity index (χ2n) is 3.57. The summed E-state index contributed by atoms with van der Waals surface area (Å²) in [7, 11) is 0. The molecule has 0 bridgehead atoms. The first-order valence-electron chi connectivity index (χ1n) is 5.13. The van der Waals surface area contributed by atoms with Gasteiger partial charge in [-0.2, -0.15) is 0 Å². The van der Waals surface area contributed by atoms with Gasteiger partial charge in [-0.05, 0) is 13.0 Å². The lowest BCUT2D eigenvalue weighted by Crippen LogP contribution is -2.23. The molecule has 0 unspecified atom stereocenters. The predicted octanol–water partition coefficient (Wildman–Crippen LogP) is 1.16. The average molecular weight is 265 g/mol. The fraction of sp³-hybridized carbons (Fsp3) is 0.182. The number of carbonyl (C=O) groups is 1. The number of nitrogens with zero attached hydrogens (tertiary/aromatic N) is 2. The summed E-state index contributed by atoms with van der Waals surface area (Å²) in [6.45, 7) is 1.61. The monoisotopic (exact) mass is 265 g/mol. The van der Waals surface area contributed by atoms with Gasteiger partial charge in [-0.1, -0.05) is 0 Å². The molecule has 0 amide bonds. The molecule has 0 aromatic carbocycles. The number of nitrogen functional groups attached to an aromatic ring is 1. The van der Waals surface area contributed by atoms with Crippen LogP contribution in [0.15, 0.2) is 38.7 Å². The van der Waals surface area contributed by atoms with E-state index in [-0.39, 0.29) is 5.75 Å². The maximum absolute atomic E-state index is 11.8. The summed E-state index contributed by atoms with van der Waals surface area (Å²) in [6, 6.07) is 2.98. The molecule has 2 aromatic heterocycles. The number of carbonyl (C=O) groups excluding carboxylic acids is 1. The number of thioether (sulfide) groups is 1. The van der Waals surface area contributed by atoms with Crippen molar-refractivity contribution in [3.63, 3.8) is 0 Å². The summed E-state index contributed by atoms with van der Waals surface area (Å²) >= 11 is 1.23. The van der Waals surface area contributed by atoms with Crippen LogP contribution < -0.4 is 11.3 Å². The van der Waals surface area contributed by atoms with Gasteiger partial charge in [-0.3, -0.25) is 14.6 Å². The Kier molecular flexibility index (Phi) is 3.52. The van der Waals surface area contributed by atoms with Crippen molar-refractivity contribution in [2.45, 2.75) is 11.8 Å². The fourth-order valence-corrected chi connectivity index (χ4v) is 2.12. The molecule has 0 atom stereocenters. The Bertz CT molecular complexity index is 632. The molecular formula is C11H11N3O3S. The third-order valence-corrected chi connectivity index (χ3v) is 3.22. The van der Waals surface area contributed by atoms with Crippen LogP contribution in [0.25, 0.3) is 0 Å². The molecule has 0 aliphatic rings. The summed E-state index contributed by atoms with van der Waals surface area (Å²) < 4.78 is 5.74. The van der Waals surface area contributed by atoms with Crippen molar-refractivity contribution in [2.75, 3.05) is 11.5 Å². The van der Waals surface area contributed by atoms with Crippen LogP contribution in [0.1, 0.15) is 10.6 Å². The molecule has 2 rings (SSSR count). The highest BCUT2D eigenvalue weighted by atomic mass is 32.2. The Labute approximate surface area is 107 Å². The number of pyridine rings is 1. The van der Waals surface area contributed by atoms with Gasteiger partial charge in [0.05, 0.1) is 17.6 Å². The predicted molar refractivity (Wildman–Crippen MR) is 67.7 cm³/mol. The Morgan fingerprint density at radius 1 is 1.61 bits per heavy atom. The third kappa shape index (κ3) is 2.62. The van der Waals surface area contributed by atoms with Crippen LogP contribution in [0.4, 0.5) is 5.69 Å². The molecule has 0 aliphatic heterocycles. The zero-order valence-corrected chi connectivity index (χ0v) is 10.4. The number of hydrogen-bond donors (Lipinski definition) is 1. The highest BCUT2D eigenvalue weighted by molar-refractivity contribution is 8.00. The average Bonchev–Trinajstić information content (AvgIpc) is 2.67. The minimum absolute atomic E-state index is 0.0705. The number of rotatable bonds is 3. The van der Waals surface area contributed by atoms with Gasteiger partial charge in [0, 0.05) is 17.2 Å². The van der Waals surface area contributed by atoms with E-state index in [1.54, 1.807) is 19.2 Å². The van der Waals surface area contributed by atoms with Crippen molar-refractivity contribution in [3.8, 4) is 0 Å². The molecule has 7 heteroatoms. The van der Waals surface area contributed by atoms with Gasteiger partial charge in [0.15, 0.2) is 0 Å². The first kappa shape index (κ1) is 12.4. The largest absolute Gasteiger partial charge is 0.397 e. The molecule has 0 saturated heterocycles. The summed E-state index contributed by atoms with van der Waals surface area (Å²) in [4.78, 5) is 27.7. The molecule has 0 aliphatic carbocycles. The quantitative estimate of drug-likeness (QED) is 0.837. The zero-order chi connectivity index (χ0) is 13.1. The van der Waals surface area contributed by atoms with Crippen LogP contribution in [0.2, 0.25) is 0 Å². The molecule has 2 N–H and O–H groups in total. The van der Waals surface area contributed by atoms with Gasteiger partial charge in [-0.15, -0.1) is 16.5 Å². The number of nitrogens with two attached hydrogens (primary N) is 1. The van der Waals surface area contributed by atoms with E-state index < -0.39 is 11.5 Å². The molecule has 2 heterocycles. The smallest absolute Gasteiger partial charge is 0.290 e. The van der Waals surface area contributed by atoms with E-state index in [0.29, 0.717) is 11.4 Å². The molecular weight excluding hydrogens is 254 g/mol. The summed E-state index contributed by atoms with van der Waals surface area (Å²) in [5, 5.41) is 0. The van der Waals surface area contributed by atoms with Crippen molar-refractivity contribution in [1.82, 2.24) is 9.72 Å². The van der Waals surface area contributed by atoms with Crippen LogP contribution in [0.3, 0.4) is 0 Å². The van der Waals surface area contributed by atoms with E-state index in [1.165, 1.54) is 24.0 Å². The summed E-state index contributed by atoms with van der Waals surface area (Å²) in [5.74, 6) is 0.0530. The number of aryl methyl sites for hydroxylation is 1. The van der Waals surface area contributed by atoms with Gasteiger partial charge < -0.3 is 10.3 Å². The van der Waals surface area contributed by atoms with Crippen LogP contribution in [-0.4, -0.2) is 21.4 Å². The minimum atomic E-state index is -0.458. The van der Waals surface area contributed by atoms with Crippen molar-refractivity contribution in [1.29, 1.82) is 0 Å². The summed E-state index contributed by atoms with van der Waals surface area (Å²) in [5.41, 5.74) is 5.73. The van der Waals surface area contributed by atoms with Crippen molar-refractivity contribution >= 4 is 23.4 Å². The molecule has 0 spiro atoms. The SMILES string of the molecule is Cc1cc(=O)n(C(=O)CSc2ccncc2N)o1. The molecule has 2 aromatic rings. The van der Waals surface area contributed by atoms with Gasteiger partial charge in [-0.25, -0.2) is 0 Å². The lowest BCUT2D eigenvalue weighted by Gasteiger charge is -2.03. The minimum Gasteiger partial charge on any atom is -0.397 e. The maximum atomic E-state index is 11.8.